The van der Waals surface area contributed by atoms with Crippen molar-refractivity contribution in [3.8, 4) is 0 Å². The molecule has 24 heavy (non-hydrogen) atoms. The molecule has 1 aromatic rings. The fourth-order valence-electron chi connectivity index (χ4n) is 2.54. The summed E-state index contributed by atoms with van der Waals surface area (Å²) >= 11 is 0. The number of carbonyl (C=O) groups excluding carboxylic acids is 2. The number of β-amino-alcohol motifs (C(OH)–C–C–N with tert-alkyl or cyclic N) is 1. The van der Waals surface area contributed by atoms with Crippen molar-refractivity contribution in [1.29, 1.82) is 0 Å². The third-order valence-electron chi connectivity index (χ3n) is 3.68. The molecule has 1 aliphatic heterocycles. The molecule has 6 nitrogen and oxygen atoms in total. The number of hydrogen-bond donors (Lipinski definition) is 1. The van der Waals surface area contributed by atoms with E-state index >= 15 is 0 Å². The van der Waals surface area contributed by atoms with Crippen LogP contribution in [0.5, 0.6) is 0 Å². The van der Waals surface area contributed by atoms with Gasteiger partial charge in [-0.2, -0.15) is 0 Å². The highest BCUT2D eigenvalue weighted by atomic mass is 16.6. The summed E-state index contributed by atoms with van der Waals surface area (Å²) in [6.45, 7) is 5.50. The number of piperidine rings is 1. The predicted octanol–water partition coefficient (Wildman–Crippen LogP) is 2.49. The summed E-state index contributed by atoms with van der Waals surface area (Å²) < 4.78 is 10.7. The maximum atomic E-state index is 12.4. The standard InChI is InChI=1S/C18H25NO5/c1-18(2,3)24-17(22)19-11-14(20)9-10-15(19)16(21)23-12-13-7-5-4-6-8-13/h4-8,14-15,20H,9-12H2,1-3H3/t14-,15+/m1/s1. The van der Waals surface area contributed by atoms with Gasteiger partial charge in [0.2, 0.25) is 0 Å². The van der Waals surface area contributed by atoms with Gasteiger partial charge in [0.15, 0.2) is 0 Å². The highest BCUT2D eigenvalue weighted by molar-refractivity contribution is 5.81. The second-order valence-corrected chi connectivity index (χ2v) is 6.97. The summed E-state index contributed by atoms with van der Waals surface area (Å²) in [6, 6.07) is 8.62. The van der Waals surface area contributed by atoms with Crippen molar-refractivity contribution in [2.24, 2.45) is 0 Å². The van der Waals surface area contributed by atoms with Crippen LogP contribution in [0.15, 0.2) is 30.3 Å². The predicted molar refractivity (Wildman–Crippen MR) is 88.2 cm³/mol. The Balaban J connectivity index is 2.01. The van der Waals surface area contributed by atoms with Crippen LogP contribution in [0.4, 0.5) is 4.79 Å². The molecule has 1 N–H and O–H groups in total. The molecular formula is C18H25NO5. The summed E-state index contributed by atoms with van der Waals surface area (Å²) in [5, 5.41) is 9.83. The molecule has 0 radical (unpaired) electrons. The molecule has 0 aliphatic carbocycles. The first-order valence-corrected chi connectivity index (χ1v) is 8.14. The molecule has 1 amide bonds. The monoisotopic (exact) mass is 335 g/mol. The molecule has 132 valence electrons. The Hall–Kier alpha value is -2.08. The molecule has 2 atom stereocenters. The molecule has 0 bridgehead atoms. The molecule has 1 fully saturated rings. The molecular weight excluding hydrogens is 310 g/mol. The van der Waals surface area contributed by atoms with Crippen LogP contribution in [0, 0.1) is 0 Å². The zero-order valence-corrected chi connectivity index (χ0v) is 14.4. The number of benzene rings is 1. The molecule has 6 heteroatoms. The van der Waals surface area contributed by atoms with Gasteiger partial charge in [0.1, 0.15) is 18.2 Å². The van der Waals surface area contributed by atoms with Gasteiger partial charge in [-0.25, -0.2) is 9.59 Å². The Morgan fingerprint density at radius 1 is 1.21 bits per heavy atom. The summed E-state index contributed by atoms with van der Waals surface area (Å²) in [4.78, 5) is 26.0. The van der Waals surface area contributed by atoms with Gasteiger partial charge < -0.3 is 14.6 Å². The minimum Gasteiger partial charge on any atom is -0.459 e. The van der Waals surface area contributed by atoms with E-state index in [0.29, 0.717) is 12.8 Å². The highest BCUT2D eigenvalue weighted by Crippen LogP contribution is 2.22. The molecule has 0 saturated carbocycles. The zero-order chi connectivity index (χ0) is 17.7. The van der Waals surface area contributed by atoms with Crippen molar-refractivity contribution in [2.45, 2.75) is 58.0 Å². The van der Waals surface area contributed by atoms with E-state index in [9.17, 15) is 14.7 Å². The largest absolute Gasteiger partial charge is 0.459 e. The van der Waals surface area contributed by atoms with Crippen LogP contribution in [0.1, 0.15) is 39.2 Å². The number of esters is 1. The Morgan fingerprint density at radius 2 is 1.88 bits per heavy atom. The summed E-state index contributed by atoms with van der Waals surface area (Å²) in [5.74, 6) is -0.475. The number of nitrogens with zero attached hydrogens (tertiary/aromatic N) is 1. The van der Waals surface area contributed by atoms with Crippen molar-refractivity contribution >= 4 is 12.1 Å². The van der Waals surface area contributed by atoms with Crippen LogP contribution in [-0.4, -0.2) is 46.4 Å². The van der Waals surface area contributed by atoms with Crippen molar-refractivity contribution < 1.29 is 24.2 Å². The number of carbonyl (C=O) groups is 2. The SMILES string of the molecule is CC(C)(C)OC(=O)N1C[C@H](O)CC[C@H]1C(=O)OCc1ccccc1. The Kier molecular flexibility index (Phi) is 5.83. The lowest BCUT2D eigenvalue weighted by Gasteiger charge is -2.37. The number of aliphatic hydroxyl groups is 1. The van der Waals surface area contributed by atoms with Gasteiger partial charge in [-0.3, -0.25) is 4.90 Å². The third kappa shape index (κ3) is 5.23. The number of amides is 1. The van der Waals surface area contributed by atoms with Crippen LogP contribution in [0.3, 0.4) is 0 Å². The van der Waals surface area contributed by atoms with Crippen LogP contribution >= 0.6 is 0 Å². The number of aliphatic hydroxyl groups excluding tert-OH is 1. The highest BCUT2D eigenvalue weighted by Gasteiger charge is 2.38. The van der Waals surface area contributed by atoms with Crippen LogP contribution in [0.25, 0.3) is 0 Å². The normalized spacial score (nSPS) is 21.2. The minimum atomic E-state index is -0.730. The average molecular weight is 335 g/mol. The maximum absolute atomic E-state index is 12.4. The van der Waals surface area contributed by atoms with Gasteiger partial charge in [-0.05, 0) is 39.2 Å². The van der Waals surface area contributed by atoms with Crippen molar-refractivity contribution in [1.82, 2.24) is 4.90 Å². The lowest BCUT2D eigenvalue weighted by Crippen LogP contribution is -2.53. The summed E-state index contributed by atoms with van der Waals surface area (Å²) in [6.07, 6.45) is -0.461. The summed E-state index contributed by atoms with van der Waals surface area (Å²) in [7, 11) is 0. The lowest BCUT2D eigenvalue weighted by molar-refractivity contribution is -0.153. The van der Waals surface area contributed by atoms with Gasteiger partial charge in [0.25, 0.3) is 0 Å². The van der Waals surface area contributed by atoms with E-state index in [1.54, 1.807) is 20.8 Å². The van der Waals surface area contributed by atoms with Crippen LogP contribution in [0.2, 0.25) is 0 Å². The Morgan fingerprint density at radius 3 is 2.50 bits per heavy atom. The van der Waals surface area contributed by atoms with Gasteiger partial charge in [0.05, 0.1) is 12.6 Å². The molecule has 2 rings (SSSR count). The topological polar surface area (TPSA) is 76.1 Å². The molecule has 0 spiro atoms. The number of ether oxygens (including phenoxy) is 2. The number of hydrogen-bond acceptors (Lipinski definition) is 5. The quantitative estimate of drug-likeness (QED) is 0.859. The molecule has 0 aromatic heterocycles. The van der Waals surface area contributed by atoms with Crippen molar-refractivity contribution in [3.05, 3.63) is 35.9 Å². The second kappa shape index (κ2) is 7.66. The maximum Gasteiger partial charge on any atom is 0.411 e. The number of likely N-dealkylation sites (tertiary alicyclic amines) is 1. The number of rotatable bonds is 3. The molecule has 1 aromatic carbocycles. The van der Waals surface area contributed by atoms with E-state index in [1.807, 2.05) is 30.3 Å². The first kappa shape index (κ1) is 18.3. The first-order chi connectivity index (χ1) is 11.3. The van der Waals surface area contributed by atoms with Crippen LogP contribution in [-0.2, 0) is 20.9 Å². The molecule has 0 unspecified atom stereocenters. The van der Waals surface area contributed by atoms with Crippen molar-refractivity contribution in [2.75, 3.05) is 6.54 Å². The molecule has 1 aliphatic rings. The van der Waals surface area contributed by atoms with Gasteiger partial charge >= 0.3 is 12.1 Å². The Bertz CT molecular complexity index is 567. The van der Waals surface area contributed by atoms with Crippen LogP contribution < -0.4 is 0 Å². The molecule has 1 saturated heterocycles. The lowest BCUT2D eigenvalue weighted by atomic mass is 10.0. The minimum absolute atomic E-state index is 0.0695. The third-order valence-corrected chi connectivity index (χ3v) is 3.68. The Labute approximate surface area is 142 Å². The van der Waals surface area contributed by atoms with E-state index in [4.69, 9.17) is 9.47 Å². The fraction of sp³-hybridized carbons (Fsp3) is 0.556. The van der Waals surface area contributed by atoms with E-state index in [1.165, 1.54) is 4.90 Å². The first-order valence-electron chi connectivity index (χ1n) is 8.14. The van der Waals surface area contributed by atoms with Gasteiger partial charge in [-0.1, -0.05) is 30.3 Å². The van der Waals surface area contributed by atoms with E-state index in [2.05, 4.69) is 0 Å². The van der Waals surface area contributed by atoms with Gasteiger partial charge in [-0.15, -0.1) is 0 Å². The second-order valence-electron chi connectivity index (χ2n) is 6.97. The van der Waals surface area contributed by atoms with E-state index < -0.39 is 29.8 Å². The summed E-state index contributed by atoms with van der Waals surface area (Å²) in [5.41, 5.74) is 0.211. The van der Waals surface area contributed by atoms with Crippen molar-refractivity contribution in [3.63, 3.8) is 0 Å². The fourth-order valence-corrected chi connectivity index (χ4v) is 2.54. The zero-order valence-electron chi connectivity index (χ0n) is 14.4. The van der Waals surface area contributed by atoms with E-state index in [0.717, 1.165) is 5.56 Å². The van der Waals surface area contributed by atoms with Gasteiger partial charge in [0, 0.05) is 0 Å². The molecule has 1 heterocycles. The van der Waals surface area contributed by atoms with E-state index in [-0.39, 0.29) is 13.2 Å². The average Bonchev–Trinajstić information content (AvgIpc) is 2.52. The smallest absolute Gasteiger partial charge is 0.411 e.